The molecule has 4 heterocycles. The fourth-order valence-corrected chi connectivity index (χ4v) is 9.25. The summed E-state index contributed by atoms with van der Waals surface area (Å²) in [4.78, 5) is 61.9. The zero-order valence-corrected chi connectivity index (χ0v) is 32.4. The molecule has 8 rings (SSSR count). The van der Waals surface area contributed by atoms with Gasteiger partial charge in [0.25, 0.3) is 0 Å². The van der Waals surface area contributed by atoms with Gasteiger partial charge in [-0.05, 0) is 90.7 Å². The third kappa shape index (κ3) is 7.32. The molecule has 0 radical (unpaired) electrons. The van der Waals surface area contributed by atoms with E-state index in [1.54, 1.807) is 6.20 Å². The Morgan fingerprint density at radius 2 is 1.46 bits per heavy atom. The summed E-state index contributed by atoms with van der Waals surface area (Å²) in [6, 6.07) is 19.9. The fourth-order valence-electron chi connectivity index (χ4n) is 9.25. The molecule has 56 heavy (non-hydrogen) atoms. The number of ether oxygens (including phenoxy) is 1. The highest BCUT2D eigenvalue weighted by molar-refractivity contribution is 5.86. The lowest BCUT2D eigenvalue weighted by Gasteiger charge is -2.30. The lowest BCUT2D eigenvalue weighted by Crippen LogP contribution is -2.51. The minimum atomic E-state index is -0.677. The van der Waals surface area contributed by atoms with Crippen molar-refractivity contribution < 1.29 is 19.1 Å². The molecule has 6 atom stereocenters. The summed E-state index contributed by atoms with van der Waals surface area (Å²) in [6.45, 7) is 6.89. The second-order valence-corrected chi connectivity index (χ2v) is 15.9. The number of aromatic amines is 2. The summed E-state index contributed by atoms with van der Waals surface area (Å²) < 4.78 is 4.76. The van der Waals surface area contributed by atoms with Gasteiger partial charge in [0.15, 0.2) is 0 Å². The van der Waals surface area contributed by atoms with Crippen LogP contribution in [0.5, 0.6) is 0 Å². The number of carbonyl (C=O) groups is 3. The van der Waals surface area contributed by atoms with Crippen LogP contribution >= 0.6 is 0 Å². The van der Waals surface area contributed by atoms with Crippen LogP contribution in [0.15, 0.2) is 79.3 Å². The van der Waals surface area contributed by atoms with E-state index in [1.165, 1.54) is 7.11 Å². The molecule has 290 valence electrons. The van der Waals surface area contributed by atoms with Gasteiger partial charge in [-0.1, -0.05) is 68.4 Å². The van der Waals surface area contributed by atoms with Crippen LogP contribution in [0.3, 0.4) is 0 Å². The number of nitrogens with zero attached hydrogens (tertiary/aromatic N) is 4. The Morgan fingerprint density at radius 3 is 2.11 bits per heavy atom. The molecule has 2 aliphatic carbocycles. The molecular weight excluding hydrogens is 705 g/mol. The van der Waals surface area contributed by atoms with E-state index in [0.717, 1.165) is 88.7 Å². The molecule has 12 nitrogen and oxygen atoms in total. The third-order valence-electron chi connectivity index (χ3n) is 12.3. The molecule has 2 aromatic carbocycles. The molecule has 1 aliphatic heterocycles. The Bertz CT molecular complexity index is 2190. The van der Waals surface area contributed by atoms with Gasteiger partial charge in [-0.2, -0.15) is 0 Å². The Kier molecular flexibility index (Phi) is 10.5. The average molecular weight is 755 g/mol. The van der Waals surface area contributed by atoms with Crippen molar-refractivity contribution in [2.45, 2.75) is 77.4 Å². The third-order valence-corrected chi connectivity index (χ3v) is 12.3. The van der Waals surface area contributed by atoms with E-state index in [4.69, 9.17) is 9.72 Å². The number of methoxy groups -OCH3 is 1. The number of hydrogen-bond donors (Lipinski definition) is 4. The largest absolute Gasteiger partial charge is 0.453 e. The van der Waals surface area contributed by atoms with E-state index in [9.17, 15) is 14.4 Å². The van der Waals surface area contributed by atoms with Crippen molar-refractivity contribution in [3.05, 3.63) is 102 Å². The van der Waals surface area contributed by atoms with Crippen LogP contribution in [0.4, 0.5) is 4.79 Å². The number of nitrogens with one attached hydrogen (secondary N) is 4. The van der Waals surface area contributed by atoms with Crippen molar-refractivity contribution >= 4 is 17.9 Å². The van der Waals surface area contributed by atoms with Crippen LogP contribution in [0.25, 0.3) is 33.6 Å². The highest BCUT2D eigenvalue weighted by Gasteiger charge is 2.52. The van der Waals surface area contributed by atoms with Gasteiger partial charge in [-0.25, -0.2) is 14.8 Å². The molecule has 3 fully saturated rings. The number of imidazole rings is 2. The van der Waals surface area contributed by atoms with Crippen molar-refractivity contribution in [3.63, 3.8) is 0 Å². The number of pyridine rings is 1. The second-order valence-electron chi connectivity index (χ2n) is 15.9. The summed E-state index contributed by atoms with van der Waals surface area (Å²) in [5.41, 5.74) is 8.05. The summed E-state index contributed by atoms with van der Waals surface area (Å²) >= 11 is 0. The van der Waals surface area contributed by atoms with Crippen molar-refractivity contribution in [2.24, 2.45) is 23.7 Å². The Morgan fingerprint density at radius 1 is 0.839 bits per heavy atom. The number of rotatable bonds is 11. The van der Waals surface area contributed by atoms with Gasteiger partial charge in [0.2, 0.25) is 11.8 Å². The molecule has 3 aliphatic rings. The lowest BCUT2D eigenvalue weighted by molar-refractivity contribution is -0.135. The molecule has 3 amide bonds. The van der Waals surface area contributed by atoms with Crippen LogP contribution in [0, 0.1) is 30.6 Å². The van der Waals surface area contributed by atoms with Crippen molar-refractivity contribution in [3.8, 4) is 33.6 Å². The molecule has 2 unspecified atom stereocenters. The van der Waals surface area contributed by atoms with E-state index in [2.05, 4.69) is 79.1 Å². The van der Waals surface area contributed by atoms with E-state index in [-0.39, 0.29) is 35.6 Å². The second kappa shape index (κ2) is 15.8. The molecule has 0 spiro atoms. The standard InChI is InChI=1S/C44H50N8O4/c1-25(2)39(51-44(55)56-4)43(54)52-20-6-8-36(52)40-46-23-34(49-40)29-13-9-27(10-14-29)28-11-15-30(16-12-28)35-24-47-41(50-35)37-31-17-18-32(21-31)38(37)42(53)48-22-33-7-5-19-45-26(33)3/h5,7,9-16,19,23-25,31-32,36-39H,6,8,17-18,20-22H2,1-4H3,(H,46,49)(H,47,50)(H,48,53)(H,51,55)/t31?,32?,36-,37-,38-,39-/m0/s1. The maximum Gasteiger partial charge on any atom is 0.407 e. The first-order valence-corrected chi connectivity index (χ1v) is 19.8. The predicted molar refractivity (Wildman–Crippen MR) is 213 cm³/mol. The summed E-state index contributed by atoms with van der Waals surface area (Å²) in [5.74, 6) is 2.41. The van der Waals surface area contributed by atoms with Gasteiger partial charge in [0.05, 0.1) is 42.9 Å². The van der Waals surface area contributed by atoms with Crippen molar-refractivity contribution in [1.82, 2.24) is 40.5 Å². The lowest BCUT2D eigenvalue weighted by atomic mass is 9.78. The molecule has 4 N–H and O–H groups in total. The molecule has 12 heteroatoms. The Balaban J connectivity index is 0.918. The first-order chi connectivity index (χ1) is 27.2. The Hall–Kier alpha value is -5.78. The van der Waals surface area contributed by atoms with Crippen LogP contribution in [0.2, 0.25) is 0 Å². The highest BCUT2D eigenvalue weighted by Crippen LogP contribution is 2.56. The quantitative estimate of drug-likeness (QED) is 0.110. The number of carbonyl (C=O) groups excluding carboxylic acids is 3. The van der Waals surface area contributed by atoms with Gasteiger partial charge >= 0.3 is 6.09 Å². The SMILES string of the molecule is COC(=O)N[C@H](C(=O)N1CCC[C@H]1c1ncc(-c2ccc(-c3ccc(-c4cnc([C@H]5C6CCC(C6)[C@@H]5C(=O)NCc5cccnc5C)[nH]4)cc3)cc2)[nH]1)C(C)C. The number of H-pyrrole nitrogens is 2. The number of benzene rings is 2. The predicted octanol–water partition coefficient (Wildman–Crippen LogP) is 7.33. The average Bonchev–Trinajstić information content (AvgIpc) is 4.08. The molecule has 3 aromatic heterocycles. The molecule has 1 saturated heterocycles. The number of aryl methyl sites for hydroxylation is 1. The normalized spacial score (nSPS) is 22.0. The van der Waals surface area contributed by atoms with Gasteiger partial charge in [-0.3, -0.25) is 14.6 Å². The monoisotopic (exact) mass is 754 g/mol. The summed E-state index contributed by atoms with van der Waals surface area (Å²) in [6.07, 6.45) is 9.86. The maximum absolute atomic E-state index is 13.6. The van der Waals surface area contributed by atoms with E-state index in [0.29, 0.717) is 24.9 Å². The first kappa shape index (κ1) is 37.2. The fraction of sp³-hybridized carbons (Fsp3) is 0.409. The van der Waals surface area contributed by atoms with Gasteiger partial charge < -0.3 is 30.2 Å². The number of amides is 3. The van der Waals surface area contributed by atoms with Gasteiger partial charge in [-0.15, -0.1) is 0 Å². The van der Waals surface area contributed by atoms with Crippen molar-refractivity contribution in [1.29, 1.82) is 0 Å². The molecule has 2 saturated carbocycles. The highest BCUT2D eigenvalue weighted by atomic mass is 16.5. The van der Waals surface area contributed by atoms with Crippen LogP contribution in [-0.2, 0) is 20.9 Å². The summed E-state index contributed by atoms with van der Waals surface area (Å²) in [7, 11) is 1.30. The zero-order valence-electron chi connectivity index (χ0n) is 32.4. The minimum absolute atomic E-state index is 0.0793. The van der Waals surface area contributed by atoms with E-state index >= 15 is 0 Å². The number of alkyl carbamates (subject to hydrolysis) is 1. The van der Waals surface area contributed by atoms with Crippen LogP contribution < -0.4 is 10.6 Å². The van der Waals surface area contributed by atoms with Crippen LogP contribution in [0.1, 0.15) is 80.8 Å². The first-order valence-electron chi connectivity index (χ1n) is 19.8. The Labute approximate surface area is 327 Å². The van der Waals surface area contributed by atoms with Gasteiger partial charge in [0.1, 0.15) is 17.7 Å². The molecule has 2 bridgehead atoms. The number of aromatic nitrogens is 5. The topological polar surface area (TPSA) is 158 Å². The maximum atomic E-state index is 13.6. The number of likely N-dealkylation sites (tertiary alicyclic amines) is 1. The minimum Gasteiger partial charge on any atom is -0.453 e. The number of fused-ring (bicyclic) bond motifs is 2. The van der Waals surface area contributed by atoms with E-state index < -0.39 is 12.1 Å². The molecule has 5 aromatic rings. The smallest absolute Gasteiger partial charge is 0.407 e. The summed E-state index contributed by atoms with van der Waals surface area (Å²) in [5, 5.41) is 5.92. The molecular formula is C44H50N8O4. The zero-order chi connectivity index (χ0) is 38.9. The van der Waals surface area contributed by atoms with Gasteiger partial charge in [0, 0.05) is 30.9 Å². The van der Waals surface area contributed by atoms with Crippen molar-refractivity contribution in [2.75, 3.05) is 13.7 Å². The van der Waals surface area contributed by atoms with E-state index in [1.807, 2.05) is 50.2 Å². The number of hydrogen-bond acceptors (Lipinski definition) is 7. The van der Waals surface area contributed by atoms with Crippen LogP contribution in [-0.4, -0.2) is 67.4 Å².